The van der Waals surface area contributed by atoms with Crippen molar-refractivity contribution in [1.29, 1.82) is 0 Å². The van der Waals surface area contributed by atoms with Gasteiger partial charge >= 0.3 is 0 Å². The van der Waals surface area contributed by atoms with Crippen molar-refractivity contribution in [3.05, 3.63) is 53.6 Å². The number of aryl methyl sites for hydroxylation is 2. The largest absolute Gasteiger partial charge is 0.484 e. The summed E-state index contributed by atoms with van der Waals surface area (Å²) in [5.74, 6) is 0.477. The lowest BCUT2D eigenvalue weighted by atomic mass is 10.2. The molecular formula is C16H18N2O2. The van der Waals surface area contributed by atoms with Gasteiger partial charge in [0, 0.05) is 11.4 Å². The van der Waals surface area contributed by atoms with E-state index in [0.29, 0.717) is 17.1 Å². The van der Waals surface area contributed by atoms with Gasteiger partial charge in [-0.3, -0.25) is 4.79 Å². The number of nitrogen functional groups attached to an aromatic ring is 1. The molecule has 4 nitrogen and oxygen atoms in total. The number of amides is 1. The van der Waals surface area contributed by atoms with Crippen molar-refractivity contribution in [1.82, 2.24) is 0 Å². The zero-order valence-corrected chi connectivity index (χ0v) is 11.6. The molecule has 0 saturated heterocycles. The van der Waals surface area contributed by atoms with Crippen LogP contribution < -0.4 is 15.8 Å². The summed E-state index contributed by atoms with van der Waals surface area (Å²) < 4.78 is 5.45. The SMILES string of the molecule is Cc1cccc(OCC(=O)Nc2cc(N)ccc2C)c1. The van der Waals surface area contributed by atoms with Crippen LogP contribution in [0, 0.1) is 13.8 Å². The van der Waals surface area contributed by atoms with Gasteiger partial charge in [0.1, 0.15) is 5.75 Å². The van der Waals surface area contributed by atoms with Crippen LogP contribution >= 0.6 is 0 Å². The number of nitrogens with one attached hydrogen (secondary N) is 1. The van der Waals surface area contributed by atoms with Gasteiger partial charge in [0.05, 0.1) is 0 Å². The Bertz CT molecular complexity index is 624. The van der Waals surface area contributed by atoms with Crippen molar-refractivity contribution in [3.8, 4) is 5.75 Å². The number of rotatable bonds is 4. The van der Waals surface area contributed by atoms with E-state index < -0.39 is 0 Å². The topological polar surface area (TPSA) is 64.3 Å². The fraction of sp³-hybridized carbons (Fsp3) is 0.188. The summed E-state index contributed by atoms with van der Waals surface area (Å²) in [6.45, 7) is 3.86. The highest BCUT2D eigenvalue weighted by atomic mass is 16.5. The van der Waals surface area contributed by atoms with E-state index in [2.05, 4.69) is 5.32 Å². The normalized spacial score (nSPS) is 10.1. The predicted octanol–water partition coefficient (Wildman–Crippen LogP) is 2.90. The van der Waals surface area contributed by atoms with Gasteiger partial charge in [-0.05, 0) is 49.2 Å². The predicted molar refractivity (Wildman–Crippen MR) is 80.9 cm³/mol. The quantitative estimate of drug-likeness (QED) is 0.840. The van der Waals surface area contributed by atoms with E-state index in [1.54, 1.807) is 12.1 Å². The Kier molecular flexibility index (Phi) is 4.25. The third-order valence-electron chi connectivity index (χ3n) is 2.90. The van der Waals surface area contributed by atoms with Crippen molar-refractivity contribution >= 4 is 17.3 Å². The molecule has 0 unspecified atom stereocenters. The number of anilines is 2. The van der Waals surface area contributed by atoms with Gasteiger partial charge in [0.2, 0.25) is 0 Å². The molecule has 0 aromatic heterocycles. The molecule has 20 heavy (non-hydrogen) atoms. The number of nitrogens with two attached hydrogens (primary N) is 1. The highest BCUT2D eigenvalue weighted by molar-refractivity contribution is 5.93. The van der Waals surface area contributed by atoms with Crippen LogP contribution in [0.4, 0.5) is 11.4 Å². The van der Waals surface area contributed by atoms with E-state index in [-0.39, 0.29) is 12.5 Å². The van der Waals surface area contributed by atoms with E-state index in [1.807, 2.05) is 44.2 Å². The van der Waals surface area contributed by atoms with Crippen molar-refractivity contribution < 1.29 is 9.53 Å². The minimum Gasteiger partial charge on any atom is -0.484 e. The van der Waals surface area contributed by atoms with Crippen molar-refractivity contribution in [2.24, 2.45) is 0 Å². The summed E-state index contributed by atoms with van der Waals surface area (Å²) >= 11 is 0. The third-order valence-corrected chi connectivity index (χ3v) is 2.90. The number of carbonyl (C=O) groups is 1. The highest BCUT2D eigenvalue weighted by Gasteiger charge is 2.06. The van der Waals surface area contributed by atoms with E-state index in [0.717, 1.165) is 11.1 Å². The van der Waals surface area contributed by atoms with Gasteiger partial charge in [-0.25, -0.2) is 0 Å². The summed E-state index contributed by atoms with van der Waals surface area (Å²) in [4.78, 5) is 11.9. The second-order valence-electron chi connectivity index (χ2n) is 4.73. The third kappa shape index (κ3) is 3.75. The lowest BCUT2D eigenvalue weighted by Crippen LogP contribution is -2.20. The van der Waals surface area contributed by atoms with Crippen LogP contribution in [-0.4, -0.2) is 12.5 Å². The molecule has 0 atom stereocenters. The molecule has 0 aliphatic carbocycles. The van der Waals surface area contributed by atoms with Crippen LogP contribution in [0.2, 0.25) is 0 Å². The Morgan fingerprint density at radius 2 is 2.00 bits per heavy atom. The van der Waals surface area contributed by atoms with Gasteiger partial charge in [-0.15, -0.1) is 0 Å². The second kappa shape index (κ2) is 6.10. The van der Waals surface area contributed by atoms with Gasteiger partial charge in [-0.1, -0.05) is 18.2 Å². The first kappa shape index (κ1) is 13.9. The Hall–Kier alpha value is -2.49. The minimum atomic E-state index is -0.208. The summed E-state index contributed by atoms with van der Waals surface area (Å²) in [6.07, 6.45) is 0. The van der Waals surface area contributed by atoms with E-state index in [4.69, 9.17) is 10.5 Å². The maximum atomic E-state index is 11.9. The van der Waals surface area contributed by atoms with Crippen LogP contribution in [0.1, 0.15) is 11.1 Å². The minimum absolute atomic E-state index is 0.0301. The van der Waals surface area contributed by atoms with Crippen LogP contribution in [0.3, 0.4) is 0 Å². The number of hydrogen-bond acceptors (Lipinski definition) is 3. The molecule has 2 aromatic rings. The van der Waals surface area contributed by atoms with Crippen LogP contribution in [0.15, 0.2) is 42.5 Å². The highest BCUT2D eigenvalue weighted by Crippen LogP contribution is 2.18. The number of hydrogen-bond donors (Lipinski definition) is 2. The molecule has 2 rings (SSSR count). The van der Waals surface area contributed by atoms with Crippen molar-refractivity contribution in [2.45, 2.75) is 13.8 Å². The summed E-state index contributed by atoms with van der Waals surface area (Å²) in [5, 5.41) is 2.79. The number of benzene rings is 2. The average molecular weight is 270 g/mol. The number of ether oxygens (including phenoxy) is 1. The summed E-state index contributed by atoms with van der Waals surface area (Å²) in [7, 11) is 0. The first-order chi connectivity index (χ1) is 9.54. The van der Waals surface area contributed by atoms with Gasteiger partial charge in [0.25, 0.3) is 5.91 Å². The molecule has 2 aromatic carbocycles. The second-order valence-corrected chi connectivity index (χ2v) is 4.73. The number of carbonyl (C=O) groups excluding carboxylic acids is 1. The molecule has 0 heterocycles. The zero-order chi connectivity index (χ0) is 14.5. The van der Waals surface area contributed by atoms with Gasteiger partial charge in [0.15, 0.2) is 6.61 Å². The Morgan fingerprint density at radius 3 is 2.75 bits per heavy atom. The summed E-state index contributed by atoms with van der Waals surface area (Å²) in [5.41, 5.74) is 9.08. The maximum Gasteiger partial charge on any atom is 0.262 e. The molecule has 1 amide bonds. The first-order valence-corrected chi connectivity index (χ1v) is 6.40. The Morgan fingerprint density at radius 1 is 1.20 bits per heavy atom. The fourth-order valence-corrected chi connectivity index (χ4v) is 1.81. The first-order valence-electron chi connectivity index (χ1n) is 6.40. The molecule has 0 radical (unpaired) electrons. The lowest BCUT2D eigenvalue weighted by molar-refractivity contribution is -0.118. The average Bonchev–Trinajstić information content (AvgIpc) is 2.41. The fourth-order valence-electron chi connectivity index (χ4n) is 1.81. The Labute approximate surface area is 118 Å². The van der Waals surface area contributed by atoms with E-state index in [1.165, 1.54) is 0 Å². The molecule has 0 spiro atoms. The van der Waals surface area contributed by atoms with Crippen molar-refractivity contribution in [2.75, 3.05) is 17.7 Å². The molecule has 0 bridgehead atoms. The van der Waals surface area contributed by atoms with Crippen LogP contribution in [0.5, 0.6) is 5.75 Å². The zero-order valence-electron chi connectivity index (χ0n) is 11.6. The van der Waals surface area contributed by atoms with Crippen LogP contribution in [0.25, 0.3) is 0 Å². The molecular weight excluding hydrogens is 252 g/mol. The molecule has 0 aliphatic heterocycles. The van der Waals surface area contributed by atoms with Gasteiger partial charge in [-0.2, -0.15) is 0 Å². The monoisotopic (exact) mass is 270 g/mol. The molecule has 3 N–H and O–H groups in total. The standard InChI is InChI=1S/C16H18N2O2/c1-11-4-3-5-14(8-11)20-10-16(19)18-15-9-13(17)7-6-12(15)2/h3-9H,10,17H2,1-2H3,(H,18,19). The van der Waals surface area contributed by atoms with Gasteiger partial charge < -0.3 is 15.8 Å². The van der Waals surface area contributed by atoms with E-state index in [9.17, 15) is 4.79 Å². The van der Waals surface area contributed by atoms with E-state index >= 15 is 0 Å². The molecule has 0 saturated carbocycles. The maximum absolute atomic E-state index is 11.9. The van der Waals surface area contributed by atoms with Crippen LogP contribution in [-0.2, 0) is 4.79 Å². The molecule has 104 valence electrons. The van der Waals surface area contributed by atoms with Crippen molar-refractivity contribution in [3.63, 3.8) is 0 Å². The summed E-state index contributed by atoms with van der Waals surface area (Å²) in [6, 6.07) is 13.0. The molecule has 0 fully saturated rings. The smallest absolute Gasteiger partial charge is 0.262 e. The Balaban J connectivity index is 1.94. The lowest BCUT2D eigenvalue weighted by Gasteiger charge is -2.10. The molecule has 4 heteroatoms. The molecule has 0 aliphatic rings.